The van der Waals surface area contributed by atoms with Gasteiger partial charge in [0.05, 0.1) is 6.42 Å². The molecule has 2 rings (SSSR count). The molecule has 1 saturated carbocycles. The number of carbonyl (C=O) groups excluding carboxylic acids is 1. The fourth-order valence-electron chi connectivity index (χ4n) is 2.43. The Morgan fingerprint density at radius 2 is 1.89 bits per heavy atom. The predicted molar refractivity (Wildman–Crippen MR) is 74.5 cm³/mol. The molecule has 1 aromatic carbocycles. The van der Waals surface area contributed by atoms with Crippen LogP contribution in [0, 0.1) is 5.92 Å². The number of amidine groups is 1. The van der Waals surface area contributed by atoms with Crippen molar-refractivity contribution in [3.05, 3.63) is 35.9 Å². The Kier molecular flexibility index (Phi) is 4.95. The molecule has 0 aromatic heterocycles. The van der Waals surface area contributed by atoms with Crippen LogP contribution in [-0.2, 0) is 9.63 Å². The maximum absolute atomic E-state index is 11.7. The summed E-state index contributed by atoms with van der Waals surface area (Å²) in [5, 5.41) is 3.70. The summed E-state index contributed by atoms with van der Waals surface area (Å²) in [7, 11) is 0. The van der Waals surface area contributed by atoms with Gasteiger partial charge in [-0.1, -0.05) is 54.8 Å². The average Bonchev–Trinajstić information content (AvgIpc) is 2.47. The van der Waals surface area contributed by atoms with Crippen molar-refractivity contribution in [2.24, 2.45) is 16.8 Å². The van der Waals surface area contributed by atoms with Crippen LogP contribution >= 0.6 is 0 Å². The zero-order chi connectivity index (χ0) is 13.5. The molecule has 0 spiro atoms. The molecule has 0 atom stereocenters. The molecule has 102 valence electrons. The minimum Gasteiger partial charge on any atom is -0.380 e. The lowest BCUT2D eigenvalue weighted by Crippen LogP contribution is -2.17. The first-order valence-electron chi connectivity index (χ1n) is 6.84. The second kappa shape index (κ2) is 6.92. The van der Waals surface area contributed by atoms with E-state index in [1.54, 1.807) is 0 Å². The van der Waals surface area contributed by atoms with Crippen LogP contribution in [0.4, 0.5) is 0 Å². The number of nitrogens with zero attached hydrogens (tertiary/aromatic N) is 1. The number of benzene rings is 1. The van der Waals surface area contributed by atoms with Gasteiger partial charge >= 0.3 is 5.97 Å². The van der Waals surface area contributed by atoms with E-state index in [9.17, 15) is 4.79 Å². The number of hydrogen-bond acceptors (Lipinski definition) is 3. The summed E-state index contributed by atoms with van der Waals surface area (Å²) in [4.78, 5) is 16.5. The van der Waals surface area contributed by atoms with Crippen LogP contribution in [0.2, 0.25) is 0 Å². The predicted octanol–water partition coefficient (Wildman–Crippen LogP) is 2.82. The molecular formula is C15H20N2O2. The molecule has 0 saturated heterocycles. The Morgan fingerprint density at radius 1 is 1.21 bits per heavy atom. The lowest BCUT2D eigenvalue weighted by Gasteiger charge is -2.19. The highest BCUT2D eigenvalue weighted by Crippen LogP contribution is 2.26. The molecule has 0 radical (unpaired) electrons. The number of carbonyl (C=O) groups is 1. The van der Waals surface area contributed by atoms with E-state index in [1.807, 2.05) is 30.3 Å². The fourth-order valence-corrected chi connectivity index (χ4v) is 2.43. The summed E-state index contributed by atoms with van der Waals surface area (Å²) in [6.07, 6.45) is 6.40. The van der Waals surface area contributed by atoms with Gasteiger partial charge in [-0.2, -0.15) is 0 Å². The van der Waals surface area contributed by atoms with Crippen LogP contribution in [0.3, 0.4) is 0 Å². The van der Waals surface area contributed by atoms with Crippen molar-refractivity contribution in [2.75, 3.05) is 0 Å². The molecule has 1 aromatic rings. The van der Waals surface area contributed by atoms with E-state index in [0.717, 1.165) is 18.4 Å². The maximum Gasteiger partial charge on any atom is 0.335 e. The third kappa shape index (κ3) is 4.39. The smallest absolute Gasteiger partial charge is 0.335 e. The molecule has 0 heterocycles. The largest absolute Gasteiger partial charge is 0.380 e. The normalized spacial score (nSPS) is 17.2. The highest BCUT2D eigenvalue weighted by atomic mass is 16.7. The zero-order valence-corrected chi connectivity index (χ0v) is 11.0. The fraction of sp³-hybridized carbons (Fsp3) is 0.467. The summed E-state index contributed by atoms with van der Waals surface area (Å²) in [5.74, 6) is 0.401. The third-order valence-corrected chi connectivity index (χ3v) is 3.50. The number of hydrogen-bond donors (Lipinski definition) is 1. The van der Waals surface area contributed by atoms with E-state index in [2.05, 4.69) is 5.16 Å². The zero-order valence-electron chi connectivity index (χ0n) is 11.0. The first-order chi connectivity index (χ1) is 9.25. The van der Waals surface area contributed by atoms with Crippen LogP contribution in [-0.4, -0.2) is 11.8 Å². The Balaban J connectivity index is 1.82. The molecule has 0 amide bonds. The van der Waals surface area contributed by atoms with Gasteiger partial charge in [0.1, 0.15) is 0 Å². The van der Waals surface area contributed by atoms with Gasteiger partial charge in [-0.05, 0) is 18.8 Å². The van der Waals surface area contributed by atoms with E-state index in [-0.39, 0.29) is 11.8 Å². The van der Waals surface area contributed by atoms with Gasteiger partial charge in [-0.25, -0.2) is 4.79 Å². The molecular weight excluding hydrogens is 240 g/mol. The molecule has 1 fully saturated rings. The highest BCUT2D eigenvalue weighted by molar-refractivity contribution is 5.97. The molecule has 4 nitrogen and oxygen atoms in total. The lowest BCUT2D eigenvalue weighted by atomic mass is 9.87. The Bertz CT molecular complexity index is 437. The number of rotatable bonds is 4. The average molecular weight is 260 g/mol. The van der Waals surface area contributed by atoms with Gasteiger partial charge in [-0.3, -0.25) is 0 Å². The van der Waals surface area contributed by atoms with E-state index < -0.39 is 0 Å². The SMILES string of the molecule is N/C(=N\OC(=O)CC1CCCCC1)c1ccccc1. The van der Waals surface area contributed by atoms with E-state index in [1.165, 1.54) is 19.3 Å². The van der Waals surface area contributed by atoms with Crippen LogP contribution in [0.1, 0.15) is 44.1 Å². The van der Waals surface area contributed by atoms with Gasteiger partial charge in [0, 0.05) is 5.56 Å². The Hall–Kier alpha value is -1.84. The molecule has 19 heavy (non-hydrogen) atoms. The quantitative estimate of drug-likeness (QED) is 0.392. The molecule has 0 unspecified atom stereocenters. The number of nitrogens with two attached hydrogens (primary N) is 1. The molecule has 1 aliphatic rings. The van der Waals surface area contributed by atoms with Crippen molar-refractivity contribution in [3.63, 3.8) is 0 Å². The lowest BCUT2D eigenvalue weighted by molar-refractivity contribution is -0.145. The van der Waals surface area contributed by atoms with Gasteiger partial charge in [0.2, 0.25) is 0 Å². The van der Waals surface area contributed by atoms with Gasteiger partial charge in [0.15, 0.2) is 5.84 Å². The minimum absolute atomic E-state index is 0.234. The monoisotopic (exact) mass is 260 g/mol. The molecule has 0 bridgehead atoms. The Labute approximate surface area is 113 Å². The van der Waals surface area contributed by atoms with Gasteiger partial charge in [0.25, 0.3) is 0 Å². The van der Waals surface area contributed by atoms with Crippen molar-refractivity contribution in [3.8, 4) is 0 Å². The van der Waals surface area contributed by atoms with Crippen molar-refractivity contribution in [2.45, 2.75) is 38.5 Å². The first-order valence-corrected chi connectivity index (χ1v) is 6.84. The molecule has 1 aliphatic carbocycles. The van der Waals surface area contributed by atoms with Crippen molar-refractivity contribution >= 4 is 11.8 Å². The summed E-state index contributed by atoms with van der Waals surface area (Å²) in [6, 6.07) is 9.27. The molecule has 4 heteroatoms. The van der Waals surface area contributed by atoms with Crippen molar-refractivity contribution in [1.82, 2.24) is 0 Å². The van der Waals surface area contributed by atoms with Crippen LogP contribution < -0.4 is 5.73 Å². The van der Waals surface area contributed by atoms with Crippen LogP contribution in [0.25, 0.3) is 0 Å². The summed E-state index contributed by atoms with van der Waals surface area (Å²) < 4.78 is 0. The van der Waals surface area contributed by atoms with Crippen LogP contribution in [0.5, 0.6) is 0 Å². The van der Waals surface area contributed by atoms with Gasteiger partial charge < -0.3 is 10.6 Å². The van der Waals surface area contributed by atoms with E-state index in [0.29, 0.717) is 12.3 Å². The standard InChI is InChI=1S/C15H20N2O2/c16-15(13-9-5-2-6-10-13)17-19-14(18)11-12-7-3-1-4-8-12/h2,5-6,9-10,12H,1,3-4,7-8,11H2,(H2,16,17). The van der Waals surface area contributed by atoms with Crippen molar-refractivity contribution in [1.29, 1.82) is 0 Å². The molecule has 0 aliphatic heterocycles. The third-order valence-electron chi connectivity index (χ3n) is 3.50. The van der Waals surface area contributed by atoms with E-state index >= 15 is 0 Å². The minimum atomic E-state index is -0.286. The number of oxime groups is 1. The summed E-state index contributed by atoms with van der Waals surface area (Å²) in [6.45, 7) is 0. The Morgan fingerprint density at radius 3 is 2.58 bits per heavy atom. The van der Waals surface area contributed by atoms with Crippen molar-refractivity contribution < 1.29 is 9.63 Å². The van der Waals surface area contributed by atoms with E-state index in [4.69, 9.17) is 10.6 Å². The van der Waals surface area contributed by atoms with Crippen LogP contribution in [0.15, 0.2) is 35.5 Å². The maximum atomic E-state index is 11.7. The topological polar surface area (TPSA) is 64.7 Å². The highest BCUT2D eigenvalue weighted by Gasteiger charge is 2.18. The second-order valence-electron chi connectivity index (χ2n) is 5.01. The first kappa shape index (κ1) is 13.6. The van der Waals surface area contributed by atoms with Gasteiger partial charge in [-0.15, -0.1) is 0 Å². The summed E-state index contributed by atoms with van der Waals surface area (Å²) in [5.41, 5.74) is 6.51. The molecule has 2 N–H and O–H groups in total. The second-order valence-corrected chi connectivity index (χ2v) is 5.01. The summed E-state index contributed by atoms with van der Waals surface area (Å²) >= 11 is 0.